The minimum atomic E-state index is -0.0171. The Hall–Kier alpha value is -0.570. The molecule has 2 N–H and O–H groups in total. The van der Waals surface area contributed by atoms with Crippen LogP contribution in [0.25, 0.3) is 0 Å². The van der Waals surface area contributed by atoms with Crippen molar-refractivity contribution in [2.24, 2.45) is 23.7 Å². The lowest BCUT2D eigenvalue weighted by molar-refractivity contribution is -0.122. The standard InChI is InChI=1S/C14H24N2O/c1-3-6-15-14(17)8(2)16-13-11-9-4-5-10(7-9)12(11)13/h8-13,16H,3-7H2,1-2H3,(H,15,17). The molecule has 5 atom stereocenters. The van der Waals surface area contributed by atoms with E-state index in [1.165, 1.54) is 19.3 Å². The zero-order valence-electron chi connectivity index (χ0n) is 10.9. The van der Waals surface area contributed by atoms with Gasteiger partial charge in [-0.2, -0.15) is 0 Å². The molecule has 3 fully saturated rings. The van der Waals surface area contributed by atoms with Crippen molar-refractivity contribution in [3.05, 3.63) is 0 Å². The number of carbonyl (C=O) groups excluding carboxylic acids is 1. The highest BCUT2D eigenvalue weighted by molar-refractivity contribution is 5.81. The molecule has 1 amide bonds. The summed E-state index contributed by atoms with van der Waals surface area (Å²) in [5, 5.41) is 6.52. The third-order valence-corrected chi connectivity index (χ3v) is 5.12. The first kappa shape index (κ1) is 11.5. The maximum Gasteiger partial charge on any atom is 0.236 e. The second kappa shape index (κ2) is 4.27. The molecule has 0 spiro atoms. The largest absolute Gasteiger partial charge is 0.355 e. The van der Waals surface area contributed by atoms with Crippen LogP contribution in [0.4, 0.5) is 0 Å². The van der Waals surface area contributed by atoms with E-state index in [0.717, 1.165) is 36.6 Å². The van der Waals surface area contributed by atoms with E-state index in [0.29, 0.717) is 6.04 Å². The lowest BCUT2D eigenvalue weighted by Crippen LogP contribution is -2.44. The summed E-state index contributed by atoms with van der Waals surface area (Å²) in [6, 6.07) is 0.639. The predicted octanol–water partition coefficient (Wildman–Crippen LogP) is 1.54. The molecule has 0 saturated heterocycles. The van der Waals surface area contributed by atoms with Crippen LogP contribution in [-0.2, 0) is 4.79 Å². The molecular weight excluding hydrogens is 212 g/mol. The quantitative estimate of drug-likeness (QED) is 0.760. The SMILES string of the molecule is CCCNC(=O)C(C)NC1C2C3CCC(C3)C12. The minimum Gasteiger partial charge on any atom is -0.355 e. The van der Waals surface area contributed by atoms with Crippen LogP contribution in [0.3, 0.4) is 0 Å². The smallest absolute Gasteiger partial charge is 0.236 e. The second-order valence-corrected chi connectivity index (χ2v) is 6.19. The van der Waals surface area contributed by atoms with E-state index in [1.807, 2.05) is 6.92 Å². The molecular formula is C14H24N2O. The molecule has 0 heterocycles. The fourth-order valence-corrected chi connectivity index (χ4v) is 4.31. The molecule has 3 nitrogen and oxygen atoms in total. The van der Waals surface area contributed by atoms with E-state index in [1.54, 1.807) is 0 Å². The summed E-state index contributed by atoms with van der Waals surface area (Å²) in [5.41, 5.74) is 0. The monoisotopic (exact) mass is 236 g/mol. The Morgan fingerprint density at radius 1 is 1.29 bits per heavy atom. The van der Waals surface area contributed by atoms with Gasteiger partial charge >= 0.3 is 0 Å². The number of nitrogens with one attached hydrogen (secondary N) is 2. The van der Waals surface area contributed by atoms with Crippen molar-refractivity contribution < 1.29 is 4.79 Å². The lowest BCUT2D eigenvalue weighted by atomic mass is 10.0. The van der Waals surface area contributed by atoms with Gasteiger partial charge in [0.15, 0.2) is 0 Å². The molecule has 3 aliphatic rings. The van der Waals surface area contributed by atoms with Gasteiger partial charge in [0.2, 0.25) is 5.91 Å². The summed E-state index contributed by atoms with van der Waals surface area (Å²) in [6.45, 7) is 4.88. The molecule has 0 aromatic carbocycles. The Kier molecular flexibility index (Phi) is 2.89. The van der Waals surface area contributed by atoms with Gasteiger partial charge in [0.05, 0.1) is 6.04 Å². The van der Waals surface area contributed by atoms with Crippen LogP contribution in [0.1, 0.15) is 39.5 Å². The van der Waals surface area contributed by atoms with Gasteiger partial charge in [-0.1, -0.05) is 6.92 Å². The molecule has 0 radical (unpaired) electrons. The van der Waals surface area contributed by atoms with Crippen LogP contribution in [0.15, 0.2) is 0 Å². The number of hydrogen-bond donors (Lipinski definition) is 2. The summed E-state index contributed by atoms with van der Waals surface area (Å²) in [5.74, 6) is 3.95. The van der Waals surface area contributed by atoms with Gasteiger partial charge in [0, 0.05) is 12.6 Å². The highest BCUT2D eigenvalue weighted by atomic mass is 16.2. The minimum absolute atomic E-state index is 0.0171. The molecule has 3 rings (SSSR count). The molecule has 0 aromatic rings. The number of rotatable bonds is 5. The van der Waals surface area contributed by atoms with Gasteiger partial charge in [0.1, 0.15) is 0 Å². The molecule has 3 heteroatoms. The molecule has 0 aliphatic heterocycles. The molecule has 17 heavy (non-hydrogen) atoms. The summed E-state index contributed by atoms with van der Waals surface area (Å²) in [7, 11) is 0. The van der Waals surface area contributed by atoms with Crippen molar-refractivity contribution in [2.45, 2.75) is 51.6 Å². The normalized spacial score (nSPS) is 43.3. The number of fused-ring (bicyclic) bond motifs is 5. The van der Waals surface area contributed by atoms with Gasteiger partial charge in [-0.05, 0) is 56.3 Å². The van der Waals surface area contributed by atoms with E-state index < -0.39 is 0 Å². The Morgan fingerprint density at radius 2 is 1.94 bits per heavy atom. The van der Waals surface area contributed by atoms with Crippen LogP contribution >= 0.6 is 0 Å². The fourth-order valence-electron chi connectivity index (χ4n) is 4.31. The average molecular weight is 236 g/mol. The molecule has 3 saturated carbocycles. The zero-order valence-corrected chi connectivity index (χ0v) is 10.9. The third kappa shape index (κ3) is 1.88. The van der Waals surface area contributed by atoms with Gasteiger partial charge < -0.3 is 10.6 Å². The molecule has 96 valence electrons. The third-order valence-electron chi connectivity index (χ3n) is 5.12. The van der Waals surface area contributed by atoms with Crippen LogP contribution in [0.2, 0.25) is 0 Å². The van der Waals surface area contributed by atoms with Gasteiger partial charge in [0.25, 0.3) is 0 Å². The van der Waals surface area contributed by atoms with Crippen LogP contribution < -0.4 is 10.6 Å². The van der Waals surface area contributed by atoms with Gasteiger partial charge in [-0.3, -0.25) is 4.79 Å². The number of amides is 1. The highest BCUT2D eigenvalue weighted by Gasteiger charge is 2.65. The van der Waals surface area contributed by atoms with E-state index in [2.05, 4.69) is 17.6 Å². The van der Waals surface area contributed by atoms with Crippen molar-refractivity contribution >= 4 is 5.91 Å². The van der Waals surface area contributed by atoms with E-state index in [-0.39, 0.29) is 11.9 Å². The fraction of sp³-hybridized carbons (Fsp3) is 0.929. The van der Waals surface area contributed by atoms with E-state index in [4.69, 9.17) is 0 Å². The maximum atomic E-state index is 11.8. The Bertz CT molecular complexity index is 301. The van der Waals surface area contributed by atoms with Crippen molar-refractivity contribution in [3.63, 3.8) is 0 Å². The molecule has 0 aromatic heterocycles. The molecule has 3 aliphatic carbocycles. The number of hydrogen-bond acceptors (Lipinski definition) is 2. The Morgan fingerprint density at radius 3 is 2.53 bits per heavy atom. The van der Waals surface area contributed by atoms with Crippen molar-refractivity contribution in [1.29, 1.82) is 0 Å². The highest BCUT2D eigenvalue weighted by Crippen LogP contribution is 2.65. The Balaban J connectivity index is 1.48. The first-order chi connectivity index (χ1) is 8.22. The number of carbonyl (C=O) groups is 1. The summed E-state index contributed by atoms with van der Waals surface area (Å²) in [6.07, 6.45) is 5.38. The van der Waals surface area contributed by atoms with Gasteiger partial charge in [-0.15, -0.1) is 0 Å². The maximum absolute atomic E-state index is 11.8. The van der Waals surface area contributed by atoms with E-state index in [9.17, 15) is 4.79 Å². The first-order valence-corrected chi connectivity index (χ1v) is 7.26. The molecule has 2 bridgehead atoms. The van der Waals surface area contributed by atoms with Crippen molar-refractivity contribution in [1.82, 2.24) is 10.6 Å². The van der Waals surface area contributed by atoms with Crippen LogP contribution in [-0.4, -0.2) is 24.5 Å². The topological polar surface area (TPSA) is 41.1 Å². The van der Waals surface area contributed by atoms with E-state index >= 15 is 0 Å². The van der Waals surface area contributed by atoms with Gasteiger partial charge in [-0.25, -0.2) is 0 Å². The lowest BCUT2D eigenvalue weighted by Gasteiger charge is -2.16. The van der Waals surface area contributed by atoms with Crippen LogP contribution in [0.5, 0.6) is 0 Å². The Labute approximate surface area is 104 Å². The second-order valence-electron chi connectivity index (χ2n) is 6.19. The molecule has 5 unspecified atom stereocenters. The van der Waals surface area contributed by atoms with Crippen molar-refractivity contribution in [2.75, 3.05) is 6.54 Å². The summed E-state index contributed by atoms with van der Waals surface area (Å²) in [4.78, 5) is 11.8. The van der Waals surface area contributed by atoms with Crippen molar-refractivity contribution in [3.8, 4) is 0 Å². The van der Waals surface area contributed by atoms with Crippen LogP contribution in [0, 0.1) is 23.7 Å². The zero-order chi connectivity index (χ0) is 12.0. The average Bonchev–Trinajstić information content (AvgIpc) is 2.75. The first-order valence-electron chi connectivity index (χ1n) is 7.26. The predicted molar refractivity (Wildman–Crippen MR) is 67.5 cm³/mol. The summed E-state index contributed by atoms with van der Waals surface area (Å²) >= 11 is 0. The summed E-state index contributed by atoms with van der Waals surface area (Å²) < 4.78 is 0.